The number of ether oxygens (including phenoxy) is 2. The number of aliphatic hydroxyl groups excluding tert-OH is 1. The fourth-order valence-corrected chi connectivity index (χ4v) is 5.62. The molecular formula is C21H18ClF3N2O4. The first-order valence-corrected chi connectivity index (χ1v) is 10.0. The summed E-state index contributed by atoms with van der Waals surface area (Å²) in [7, 11) is 1.47. The second-order valence-electron chi connectivity index (χ2n) is 8.20. The summed E-state index contributed by atoms with van der Waals surface area (Å²) in [5, 5.41) is 12.6. The molecule has 2 bridgehead atoms. The zero-order valence-electron chi connectivity index (χ0n) is 16.2. The largest absolute Gasteiger partial charge is 0.481 e. The first kappa shape index (κ1) is 20.5. The molecule has 1 aromatic heterocycles. The average Bonchev–Trinajstić information content (AvgIpc) is 3.22. The van der Waals surface area contributed by atoms with E-state index in [0.717, 1.165) is 17.7 Å². The number of benzene rings is 1. The van der Waals surface area contributed by atoms with Crippen molar-refractivity contribution in [3.05, 3.63) is 52.7 Å². The Bertz CT molecular complexity index is 1080. The molecule has 1 saturated carbocycles. The first-order chi connectivity index (χ1) is 14.6. The second-order valence-corrected chi connectivity index (χ2v) is 8.61. The van der Waals surface area contributed by atoms with Crippen LogP contribution in [0, 0.1) is 5.41 Å². The van der Waals surface area contributed by atoms with Gasteiger partial charge in [-0.05, 0) is 36.2 Å². The van der Waals surface area contributed by atoms with Crippen LogP contribution in [0.15, 0.2) is 36.5 Å². The number of anilines is 1. The Balaban J connectivity index is 1.51. The lowest BCUT2D eigenvalue weighted by Gasteiger charge is -2.29. The number of pyridine rings is 1. The summed E-state index contributed by atoms with van der Waals surface area (Å²) in [6, 6.07) is 6.70. The maximum atomic E-state index is 13.4. The highest BCUT2D eigenvalue weighted by molar-refractivity contribution is 6.31. The van der Waals surface area contributed by atoms with Crippen molar-refractivity contribution >= 4 is 23.2 Å². The minimum absolute atomic E-state index is 0.00692. The van der Waals surface area contributed by atoms with Gasteiger partial charge in [0.1, 0.15) is 0 Å². The number of hydrogen-bond acceptors (Lipinski definition) is 5. The molecule has 0 radical (unpaired) electrons. The van der Waals surface area contributed by atoms with Gasteiger partial charge in [-0.3, -0.25) is 4.79 Å². The molecule has 164 valence electrons. The molecule has 6 nitrogen and oxygen atoms in total. The molecule has 0 unspecified atom stereocenters. The van der Waals surface area contributed by atoms with Crippen LogP contribution in [0.5, 0.6) is 5.88 Å². The highest BCUT2D eigenvalue weighted by Gasteiger charge is 2.87. The predicted octanol–water partition coefficient (Wildman–Crippen LogP) is 3.56. The van der Waals surface area contributed by atoms with E-state index in [2.05, 4.69) is 10.3 Å². The van der Waals surface area contributed by atoms with Crippen molar-refractivity contribution in [3.63, 3.8) is 0 Å². The van der Waals surface area contributed by atoms with E-state index in [1.54, 1.807) is 18.3 Å². The van der Waals surface area contributed by atoms with Gasteiger partial charge in [0.05, 0.1) is 41.4 Å². The van der Waals surface area contributed by atoms with E-state index >= 15 is 0 Å². The van der Waals surface area contributed by atoms with Crippen LogP contribution in [0.25, 0.3) is 0 Å². The number of carbonyl (C=O) groups excluding carboxylic acids is 1. The zero-order chi connectivity index (χ0) is 22.2. The van der Waals surface area contributed by atoms with Crippen molar-refractivity contribution in [3.8, 4) is 5.88 Å². The van der Waals surface area contributed by atoms with Gasteiger partial charge >= 0.3 is 6.18 Å². The lowest BCUT2D eigenvalue weighted by Crippen LogP contribution is -2.44. The minimum Gasteiger partial charge on any atom is -0.481 e. The molecule has 31 heavy (non-hydrogen) atoms. The molecule has 10 heteroatoms. The quantitative estimate of drug-likeness (QED) is 0.738. The van der Waals surface area contributed by atoms with Crippen molar-refractivity contribution < 1.29 is 32.5 Å². The smallest absolute Gasteiger partial charge is 0.417 e. The van der Waals surface area contributed by atoms with Crippen LogP contribution >= 0.6 is 11.6 Å². The Hall–Kier alpha value is -2.36. The summed E-state index contributed by atoms with van der Waals surface area (Å²) in [6.45, 7) is 0. The SMILES string of the molecule is COc1cc([C@@]23C[C@]2(C(=O)Nc2ccc(Cl)c(C(F)(F)F)c2)[C@H]2C[C@H](O)[C@@H]3O2)ccn1. The van der Waals surface area contributed by atoms with E-state index in [-0.39, 0.29) is 12.1 Å². The third-order valence-electron chi connectivity index (χ3n) is 6.77. The van der Waals surface area contributed by atoms with Crippen LogP contribution in [0.3, 0.4) is 0 Å². The molecule has 5 atom stereocenters. The fourth-order valence-electron chi connectivity index (χ4n) is 5.39. The van der Waals surface area contributed by atoms with E-state index < -0.39 is 51.8 Å². The maximum Gasteiger partial charge on any atom is 0.417 e. The Morgan fingerprint density at radius 2 is 2.13 bits per heavy atom. The summed E-state index contributed by atoms with van der Waals surface area (Å²) < 4.78 is 50.8. The first-order valence-electron chi connectivity index (χ1n) is 9.66. The van der Waals surface area contributed by atoms with Crippen molar-refractivity contribution in [1.29, 1.82) is 0 Å². The van der Waals surface area contributed by atoms with Gasteiger partial charge in [-0.1, -0.05) is 11.6 Å². The van der Waals surface area contributed by atoms with Crippen LogP contribution in [0.1, 0.15) is 24.0 Å². The summed E-state index contributed by atoms with van der Waals surface area (Å²) in [6.07, 6.45) is -4.27. The zero-order valence-corrected chi connectivity index (χ0v) is 17.0. The van der Waals surface area contributed by atoms with Crippen molar-refractivity contribution in [2.45, 2.75) is 42.7 Å². The van der Waals surface area contributed by atoms with Gasteiger partial charge < -0.3 is 19.9 Å². The lowest BCUT2D eigenvalue weighted by atomic mass is 9.74. The van der Waals surface area contributed by atoms with Gasteiger partial charge in [0.15, 0.2) is 0 Å². The molecular weight excluding hydrogens is 437 g/mol. The van der Waals surface area contributed by atoms with Gasteiger partial charge in [-0.25, -0.2) is 4.98 Å². The van der Waals surface area contributed by atoms with Crippen molar-refractivity contribution in [2.75, 3.05) is 12.4 Å². The number of carbonyl (C=O) groups is 1. The van der Waals surface area contributed by atoms with E-state index in [9.17, 15) is 23.1 Å². The number of amides is 1. The van der Waals surface area contributed by atoms with E-state index in [1.807, 2.05) is 0 Å². The number of halogens is 4. The number of aromatic nitrogens is 1. The molecule has 2 aliphatic heterocycles. The number of nitrogens with zero attached hydrogens (tertiary/aromatic N) is 1. The number of alkyl halides is 3. The lowest BCUT2D eigenvalue weighted by molar-refractivity contribution is -0.137. The molecule has 5 rings (SSSR count). The highest BCUT2D eigenvalue weighted by Crippen LogP contribution is 2.77. The number of nitrogens with one attached hydrogen (secondary N) is 1. The van der Waals surface area contributed by atoms with Crippen molar-refractivity contribution in [2.24, 2.45) is 5.41 Å². The molecule has 2 N–H and O–H groups in total. The van der Waals surface area contributed by atoms with Crippen LogP contribution in [0.2, 0.25) is 5.02 Å². The van der Waals surface area contributed by atoms with Crippen LogP contribution in [-0.2, 0) is 21.1 Å². The third kappa shape index (κ3) is 2.73. The monoisotopic (exact) mass is 454 g/mol. The molecule has 3 fully saturated rings. The van der Waals surface area contributed by atoms with Crippen LogP contribution in [-0.4, -0.2) is 41.4 Å². The molecule has 2 saturated heterocycles. The molecule has 1 amide bonds. The number of aliphatic hydroxyl groups is 1. The second kappa shape index (κ2) is 6.57. The van der Waals surface area contributed by atoms with E-state index in [1.165, 1.54) is 13.2 Å². The molecule has 1 aromatic carbocycles. The molecule has 0 spiro atoms. The molecule has 2 aromatic rings. The molecule has 3 heterocycles. The summed E-state index contributed by atoms with van der Waals surface area (Å²) in [5.74, 6) is -0.0870. The highest BCUT2D eigenvalue weighted by atomic mass is 35.5. The van der Waals surface area contributed by atoms with E-state index in [4.69, 9.17) is 21.1 Å². The Labute approximate surface area is 180 Å². The van der Waals surface area contributed by atoms with Crippen LogP contribution in [0.4, 0.5) is 18.9 Å². The van der Waals surface area contributed by atoms with Gasteiger partial charge in [-0.2, -0.15) is 13.2 Å². The summed E-state index contributed by atoms with van der Waals surface area (Å²) in [4.78, 5) is 17.5. The maximum absolute atomic E-state index is 13.4. The van der Waals surface area contributed by atoms with Gasteiger partial charge in [0.25, 0.3) is 0 Å². The number of hydrogen-bond donors (Lipinski definition) is 2. The normalized spacial score (nSPS) is 33.2. The van der Waals surface area contributed by atoms with Gasteiger partial charge in [-0.15, -0.1) is 0 Å². The molecule has 1 aliphatic carbocycles. The minimum atomic E-state index is -4.65. The Morgan fingerprint density at radius 1 is 1.35 bits per heavy atom. The van der Waals surface area contributed by atoms with Gasteiger partial charge in [0, 0.05) is 29.8 Å². The summed E-state index contributed by atoms with van der Waals surface area (Å²) in [5.41, 5.74) is -2.08. The van der Waals surface area contributed by atoms with Gasteiger partial charge in [0.2, 0.25) is 11.8 Å². The number of methoxy groups -OCH3 is 1. The Kier molecular flexibility index (Phi) is 4.35. The third-order valence-corrected chi connectivity index (χ3v) is 7.10. The number of rotatable bonds is 4. The van der Waals surface area contributed by atoms with E-state index in [0.29, 0.717) is 12.3 Å². The summed E-state index contributed by atoms with van der Waals surface area (Å²) >= 11 is 5.68. The number of fused-ring (bicyclic) bond motifs is 5. The Morgan fingerprint density at radius 3 is 2.84 bits per heavy atom. The van der Waals surface area contributed by atoms with Crippen molar-refractivity contribution in [1.82, 2.24) is 4.98 Å². The van der Waals surface area contributed by atoms with Crippen LogP contribution < -0.4 is 10.1 Å². The average molecular weight is 455 g/mol. The molecule has 3 aliphatic rings. The fraction of sp³-hybridized carbons (Fsp3) is 0.429. The topological polar surface area (TPSA) is 80.7 Å². The predicted molar refractivity (Wildman–Crippen MR) is 104 cm³/mol. The standard InChI is InChI=1S/C21H18ClF3N2O4/c1-30-16-6-10(4-5-26-16)19-9-20(19,15-8-14(28)17(19)31-15)18(29)27-11-2-3-13(22)12(7-11)21(23,24)25/h2-7,14-15,17,28H,8-9H2,1H3,(H,27,29)/t14-,15+,17-,19+,20+/m0/s1.